The first-order valence-corrected chi connectivity index (χ1v) is 7.21. The number of rotatable bonds is 3. The normalized spacial score (nSPS) is 14.2. The lowest BCUT2D eigenvalue weighted by Crippen LogP contribution is -2.47. The number of hydrogen-bond acceptors (Lipinski definition) is 3. The first-order valence-electron chi connectivity index (χ1n) is 7.21. The van der Waals surface area contributed by atoms with Crippen molar-refractivity contribution < 1.29 is 14.3 Å². The summed E-state index contributed by atoms with van der Waals surface area (Å²) in [6, 6.07) is 13.4. The van der Waals surface area contributed by atoms with Gasteiger partial charge in [-0.15, -0.1) is 0 Å². The molecule has 1 amide bonds. The third-order valence-electron chi connectivity index (χ3n) is 3.35. The first-order chi connectivity index (χ1) is 10.2. The summed E-state index contributed by atoms with van der Waals surface area (Å²) < 4.78 is 5.26. The Bertz CT molecular complexity index is 698. The maximum Gasteiger partial charge on any atom is 0.408 e. The van der Waals surface area contributed by atoms with Crippen LogP contribution in [0.5, 0.6) is 0 Å². The Hall–Kier alpha value is -2.36. The molecule has 0 radical (unpaired) electrons. The first kappa shape index (κ1) is 16.0. The standard InChI is InChI=1S/C18H21NO3/c1-17(2,3)22-16(21)19-18(4,12-20)15-11-7-9-13-8-5-6-10-14(13)15/h5-12H,1-4H3,(H,19,21). The van der Waals surface area contributed by atoms with Gasteiger partial charge in [0, 0.05) is 0 Å². The molecule has 1 unspecified atom stereocenters. The van der Waals surface area contributed by atoms with Gasteiger partial charge in [-0.25, -0.2) is 4.79 Å². The van der Waals surface area contributed by atoms with Crippen LogP contribution in [0.1, 0.15) is 33.3 Å². The average molecular weight is 299 g/mol. The monoisotopic (exact) mass is 299 g/mol. The number of fused-ring (bicyclic) bond motifs is 1. The molecule has 2 aromatic carbocycles. The summed E-state index contributed by atoms with van der Waals surface area (Å²) in [4.78, 5) is 23.8. The highest BCUT2D eigenvalue weighted by molar-refractivity contribution is 5.91. The maximum absolute atomic E-state index is 12.1. The molecule has 0 saturated carbocycles. The molecule has 2 rings (SSSR count). The number of aldehydes is 1. The third kappa shape index (κ3) is 3.45. The van der Waals surface area contributed by atoms with E-state index in [0.717, 1.165) is 22.6 Å². The lowest BCUT2D eigenvalue weighted by Gasteiger charge is -2.28. The highest BCUT2D eigenvalue weighted by atomic mass is 16.6. The molecule has 0 fully saturated rings. The second kappa shape index (κ2) is 5.79. The van der Waals surface area contributed by atoms with E-state index in [1.807, 2.05) is 42.5 Å². The molecular weight excluding hydrogens is 278 g/mol. The molecule has 0 aliphatic rings. The Balaban J connectivity index is 2.40. The van der Waals surface area contributed by atoms with Crippen LogP contribution in [0.25, 0.3) is 10.8 Å². The summed E-state index contributed by atoms with van der Waals surface area (Å²) in [7, 11) is 0. The zero-order chi connectivity index (χ0) is 16.4. The van der Waals surface area contributed by atoms with Crippen molar-refractivity contribution in [2.24, 2.45) is 0 Å². The molecule has 22 heavy (non-hydrogen) atoms. The van der Waals surface area contributed by atoms with Crippen LogP contribution >= 0.6 is 0 Å². The lowest BCUT2D eigenvalue weighted by atomic mass is 9.89. The fraction of sp³-hybridized carbons (Fsp3) is 0.333. The fourth-order valence-corrected chi connectivity index (χ4v) is 2.35. The number of amides is 1. The molecule has 0 bridgehead atoms. The van der Waals surface area contributed by atoms with Gasteiger partial charge >= 0.3 is 6.09 Å². The second-order valence-corrected chi connectivity index (χ2v) is 6.47. The van der Waals surface area contributed by atoms with Crippen molar-refractivity contribution in [1.29, 1.82) is 0 Å². The summed E-state index contributed by atoms with van der Waals surface area (Å²) in [5.74, 6) is 0. The van der Waals surface area contributed by atoms with Crippen molar-refractivity contribution in [2.45, 2.75) is 38.8 Å². The van der Waals surface area contributed by atoms with Crippen molar-refractivity contribution in [3.8, 4) is 0 Å². The zero-order valence-electron chi connectivity index (χ0n) is 13.3. The Morgan fingerprint density at radius 2 is 1.68 bits per heavy atom. The molecule has 0 saturated heterocycles. The van der Waals surface area contributed by atoms with Gasteiger partial charge in [0.05, 0.1) is 0 Å². The minimum absolute atomic E-state index is 0.616. The molecule has 0 aliphatic carbocycles. The Morgan fingerprint density at radius 1 is 1.05 bits per heavy atom. The van der Waals surface area contributed by atoms with Crippen molar-refractivity contribution >= 4 is 23.2 Å². The van der Waals surface area contributed by atoms with Gasteiger partial charge in [-0.05, 0) is 44.0 Å². The van der Waals surface area contributed by atoms with Crippen LogP contribution in [-0.4, -0.2) is 18.0 Å². The maximum atomic E-state index is 12.1. The molecule has 4 nitrogen and oxygen atoms in total. The second-order valence-electron chi connectivity index (χ2n) is 6.47. The SMILES string of the molecule is CC(C)(C)OC(=O)NC(C)(C=O)c1cccc2ccccc12. The van der Waals surface area contributed by atoms with E-state index >= 15 is 0 Å². The van der Waals surface area contributed by atoms with Gasteiger partial charge < -0.3 is 14.8 Å². The number of nitrogens with one attached hydrogen (secondary N) is 1. The topological polar surface area (TPSA) is 55.4 Å². The minimum Gasteiger partial charge on any atom is -0.444 e. The van der Waals surface area contributed by atoms with Gasteiger partial charge in [0.2, 0.25) is 0 Å². The van der Waals surface area contributed by atoms with Gasteiger partial charge in [-0.3, -0.25) is 0 Å². The molecule has 2 aromatic rings. The van der Waals surface area contributed by atoms with E-state index in [1.165, 1.54) is 0 Å². The summed E-state index contributed by atoms with van der Waals surface area (Å²) in [6.07, 6.45) is 0.119. The summed E-state index contributed by atoms with van der Waals surface area (Å²) in [6.45, 7) is 7.01. The largest absolute Gasteiger partial charge is 0.444 e. The van der Waals surface area contributed by atoms with E-state index in [4.69, 9.17) is 4.74 Å². The molecule has 0 spiro atoms. The predicted octanol–water partition coefficient (Wildman–Crippen LogP) is 3.78. The molecule has 1 N–H and O–H groups in total. The van der Waals surface area contributed by atoms with Gasteiger partial charge in [0.25, 0.3) is 0 Å². The van der Waals surface area contributed by atoms with E-state index in [0.29, 0.717) is 0 Å². The third-order valence-corrected chi connectivity index (χ3v) is 3.35. The number of hydrogen-bond donors (Lipinski definition) is 1. The van der Waals surface area contributed by atoms with E-state index in [-0.39, 0.29) is 0 Å². The number of alkyl carbamates (subject to hydrolysis) is 1. The van der Waals surface area contributed by atoms with Crippen molar-refractivity contribution in [2.75, 3.05) is 0 Å². The fourth-order valence-electron chi connectivity index (χ4n) is 2.35. The van der Waals surface area contributed by atoms with Crippen LogP contribution in [0, 0.1) is 0 Å². The van der Waals surface area contributed by atoms with Gasteiger partial charge in [0.15, 0.2) is 0 Å². The van der Waals surface area contributed by atoms with Gasteiger partial charge in [-0.1, -0.05) is 42.5 Å². The van der Waals surface area contributed by atoms with Gasteiger partial charge in [0.1, 0.15) is 17.4 Å². The number of benzene rings is 2. The van der Waals surface area contributed by atoms with E-state index in [2.05, 4.69) is 5.32 Å². The highest BCUT2D eigenvalue weighted by Crippen LogP contribution is 2.27. The van der Waals surface area contributed by atoms with Crippen molar-refractivity contribution in [1.82, 2.24) is 5.32 Å². The van der Waals surface area contributed by atoms with Crippen LogP contribution in [0.3, 0.4) is 0 Å². The Labute approximate surface area is 130 Å². The van der Waals surface area contributed by atoms with Crippen LogP contribution in [0.2, 0.25) is 0 Å². The van der Waals surface area contributed by atoms with Crippen molar-refractivity contribution in [3.63, 3.8) is 0 Å². The Kier molecular flexibility index (Phi) is 4.22. The van der Waals surface area contributed by atoms with E-state index in [1.54, 1.807) is 27.7 Å². The Morgan fingerprint density at radius 3 is 2.32 bits per heavy atom. The smallest absolute Gasteiger partial charge is 0.408 e. The average Bonchev–Trinajstić information content (AvgIpc) is 2.44. The number of carbonyl (C=O) groups excluding carboxylic acids is 2. The molecule has 0 aromatic heterocycles. The molecule has 116 valence electrons. The molecule has 0 heterocycles. The summed E-state index contributed by atoms with van der Waals surface area (Å²) in [5, 5.41) is 4.62. The van der Waals surface area contributed by atoms with Crippen molar-refractivity contribution in [3.05, 3.63) is 48.0 Å². The minimum atomic E-state index is -1.15. The van der Waals surface area contributed by atoms with Crippen LogP contribution < -0.4 is 5.32 Å². The number of ether oxygens (including phenoxy) is 1. The van der Waals surface area contributed by atoms with Gasteiger partial charge in [-0.2, -0.15) is 0 Å². The highest BCUT2D eigenvalue weighted by Gasteiger charge is 2.31. The summed E-state index contributed by atoms with van der Waals surface area (Å²) in [5.41, 5.74) is -1.03. The molecule has 4 heteroatoms. The predicted molar refractivity (Wildman–Crippen MR) is 86.7 cm³/mol. The molecular formula is C18H21NO3. The molecule has 1 atom stereocenters. The van der Waals surface area contributed by atoms with E-state index < -0.39 is 17.2 Å². The van der Waals surface area contributed by atoms with Crippen LogP contribution in [0.15, 0.2) is 42.5 Å². The van der Waals surface area contributed by atoms with Crippen LogP contribution in [-0.2, 0) is 15.1 Å². The van der Waals surface area contributed by atoms with E-state index in [9.17, 15) is 9.59 Å². The molecule has 0 aliphatic heterocycles. The van der Waals surface area contributed by atoms with Crippen LogP contribution in [0.4, 0.5) is 4.79 Å². The summed E-state index contributed by atoms with van der Waals surface area (Å²) >= 11 is 0. The zero-order valence-corrected chi connectivity index (χ0v) is 13.3. The number of carbonyl (C=O) groups is 2. The lowest BCUT2D eigenvalue weighted by molar-refractivity contribution is -0.113. The quantitative estimate of drug-likeness (QED) is 0.878.